The molecule has 0 aliphatic carbocycles. The summed E-state index contributed by atoms with van der Waals surface area (Å²) in [5.74, 6) is 0.253. The highest BCUT2D eigenvalue weighted by atomic mass is 15.3. The number of aromatic nitrogens is 3. The van der Waals surface area contributed by atoms with Gasteiger partial charge in [-0.05, 0) is 6.07 Å². The molecule has 0 saturated carbocycles. The van der Waals surface area contributed by atoms with Gasteiger partial charge in [0.15, 0.2) is 0 Å². The molecule has 2 N–H and O–H groups in total. The van der Waals surface area contributed by atoms with Crippen molar-refractivity contribution in [3.05, 3.63) is 17.8 Å². The predicted octanol–water partition coefficient (Wildman–Crippen LogP) is 0.422. The van der Waals surface area contributed by atoms with E-state index in [1.54, 1.807) is 24.0 Å². The highest BCUT2D eigenvalue weighted by Gasteiger charge is 2.05. The Kier molecular flexibility index (Phi) is 1.43. The molecule has 0 atom stereocenters. The summed E-state index contributed by atoms with van der Waals surface area (Å²) >= 11 is 0. The number of rotatable bonds is 0. The van der Waals surface area contributed by atoms with Crippen molar-refractivity contribution >= 4 is 16.9 Å². The second-order valence-corrected chi connectivity index (χ2v) is 2.71. The molecular weight excluding hydrogens is 166 g/mol. The van der Waals surface area contributed by atoms with Crippen LogP contribution >= 0.6 is 0 Å². The number of nitrogens with two attached hydrogens (primary N) is 1. The van der Waals surface area contributed by atoms with Crippen molar-refractivity contribution in [3.63, 3.8) is 0 Å². The highest BCUT2D eigenvalue weighted by molar-refractivity contribution is 5.78. The van der Waals surface area contributed by atoms with E-state index < -0.39 is 0 Å². The van der Waals surface area contributed by atoms with Gasteiger partial charge in [-0.2, -0.15) is 10.4 Å². The summed E-state index contributed by atoms with van der Waals surface area (Å²) in [6.45, 7) is 0. The minimum atomic E-state index is 0.253. The minimum Gasteiger partial charge on any atom is -0.383 e. The third kappa shape index (κ3) is 0.999. The zero-order valence-corrected chi connectivity index (χ0v) is 7.02. The van der Waals surface area contributed by atoms with Gasteiger partial charge in [-0.1, -0.05) is 0 Å². The van der Waals surface area contributed by atoms with E-state index in [-0.39, 0.29) is 5.82 Å². The van der Waals surface area contributed by atoms with Crippen LogP contribution in [0.3, 0.4) is 0 Å². The first-order valence-corrected chi connectivity index (χ1v) is 3.70. The number of fused-ring (bicyclic) bond motifs is 1. The lowest BCUT2D eigenvalue weighted by Crippen LogP contribution is -1.96. The smallest absolute Gasteiger partial charge is 0.142 e. The predicted molar refractivity (Wildman–Crippen MR) is 47.6 cm³/mol. The maximum absolute atomic E-state index is 8.71. The van der Waals surface area contributed by atoms with Gasteiger partial charge in [-0.15, -0.1) is 0 Å². The highest BCUT2D eigenvalue weighted by Crippen LogP contribution is 2.16. The molecule has 2 aromatic rings. The van der Waals surface area contributed by atoms with Gasteiger partial charge in [0.05, 0.1) is 17.3 Å². The van der Waals surface area contributed by atoms with Gasteiger partial charge < -0.3 is 5.73 Å². The lowest BCUT2D eigenvalue weighted by molar-refractivity contribution is 0.797. The van der Waals surface area contributed by atoms with Crippen LogP contribution in [0.1, 0.15) is 5.56 Å². The van der Waals surface area contributed by atoms with Gasteiger partial charge in [0.25, 0.3) is 0 Å². The number of hydrogen-bond donors (Lipinski definition) is 1. The topological polar surface area (TPSA) is 80.5 Å². The van der Waals surface area contributed by atoms with Crippen LogP contribution in [-0.4, -0.2) is 14.8 Å². The summed E-state index contributed by atoms with van der Waals surface area (Å²) in [6, 6.07) is 3.66. The largest absolute Gasteiger partial charge is 0.383 e. The molecule has 0 bridgehead atoms. The second-order valence-electron chi connectivity index (χ2n) is 2.71. The summed E-state index contributed by atoms with van der Waals surface area (Å²) in [7, 11) is 1.79. The van der Waals surface area contributed by atoms with Crippen molar-refractivity contribution in [3.8, 4) is 6.07 Å². The summed E-state index contributed by atoms with van der Waals surface area (Å²) in [5, 5.41) is 12.7. The zero-order valence-electron chi connectivity index (χ0n) is 7.02. The summed E-state index contributed by atoms with van der Waals surface area (Å²) in [4.78, 5) is 4.04. The molecule has 5 heteroatoms. The molecule has 0 radical (unpaired) electrons. The second kappa shape index (κ2) is 2.45. The first-order chi connectivity index (χ1) is 6.22. The van der Waals surface area contributed by atoms with E-state index in [0.29, 0.717) is 11.1 Å². The molecule has 0 aromatic carbocycles. The van der Waals surface area contributed by atoms with E-state index in [9.17, 15) is 0 Å². The van der Waals surface area contributed by atoms with Crippen LogP contribution in [0.25, 0.3) is 11.0 Å². The molecule has 2 heterocycles. The average Bonchev–Trinajstić information content (AvgIpc) is 2.46. The molecule has 0 unspecified atom stereocenters. The fourth-order valence-corrected chi connectivity index (χ4v) is 1.18. The Morgan fingerprint density at radius 1 is 1.62 bits per heavy atom. The van der Waals surface area contributed by atoms with Crippen molar-refractivity contribution in [1.82, 2.24) is 14.8 Å². The van der Waals surface area contributed by atoms with Gasteiger partial charge in [-0.3, -0.25) is 4.68 Å². The molecule has 0 amide bonds. The molecule has 0 aliphatic heterocycles. The zero-order chi connectivity index (χ0) is 9.42. The quantitative estimate of drug-likeness (QED) is 0.626. The summed E-state index contributed by atoms with van der Waals surface area (Å²) in [6.07, 6.45) is 1.62. The average molecular weight is 173 g/mol. The van der Waals surface area contributed by atoms with E-state index in [1.165, 1.54) is 0 Å². The maximum Gasteiger partial charge on any atom is 0.142 e. The number of nitrogen functional groups attached to an aromatic ring is 1. The van der Waals surface area contributed by atoms with Crippen LogP contribution < -0.4 is 5.73 Å². The van der Waals surface area contributed by atoms with Crippen LogP contribution in [0.2, 0.25) is 0 Å². The fourth-order valence-electron chi connectivity index (χ4n) is 1.18. The third-order valence-electron chi connectivity index (χ3n) is 1.88. The monoisotopic (exact) mass is 173 g/mol. The Labute approximate surface area is 74.4 Å². The Morgan fingerprint density at radius 2 is 2.38 bits per heavy atom. The Hall–Kier alpha value is -2.09. The summed E-state index contributed by atoms with van der Waals surface area (Å²) in [5.41, 5.74) is 7.44. The van der Waals surface area contributed by atoms with E-state index in [4.69, 9.17) is 11.0 Å². The Bertz CT molecular complexity index is 505. The molecule has 2 aromatic heterocycles. The SMILES string of the molecule is Cn1ncc2nc(N)c(C#N)cc21. The standard InChI is InChI=1S/C8H7N5/c1-13-7-2-5(3-9)8(10)12-6(7)4-11-13/h2,4H,1H3,(H2,10,12). The van der Waals surface area contributed by atoms with Crippen LogP contribution in [0.5, 0.6) is 0 Å². The maximum atomic E-state index is 8.71. The van der Waals surface area contributed by atoms with E-state index in [2.05, 4.69) is 10.1 Å². The van der Waals surface area contributed by atoms with Gasteiger partial charge in [0.2, 0.25) is 0 Å². The Morgan fingerprint density at radius 3 is 3.08 bits per heavy atom. The van der Waals surface area contributed by atoms with E-state index >= 15 is 0 Å². The number of aryl methyl sites for hydroxylation is 1. The van der Waals surface area contributed by atoms with Crippen molar-refractivity contribution in [2.24, 2.45) is 7.05 Å². The first kappa shape index (κ1) is 7.55. The first-order valence-electron chi connectivity index (χ1n) is 3.70. The van der Waals surface area contributed by atoms with Crippen LogP contribution in [-0.2, 0) is 7.05 Å². The number of nitrogens with zero attached hydrogens (tertiary/aromatic N) is 4. The molecule has 64 valence electrons. The van der Waals surface area contributed by atoms with Crippen LogP contribution in [0.15, 0.2) is 12.3 Å². The molecule has 0 fully saturated rings. The normalized spacial score (nSPS) is 10.2. The minimum absolute atomic E-state index is 0.253. The lowest BCUT2D eigenvalue weighted by Gasteiger charge is -1.97. The van der Waals surface area contributed by atoms with Crippen molar-refractivity contribution < 1.29 is 0 Å². The summed E-state index contributed by atoms with van der Waals surface area (Å²) < 4.78 is 1.66. The molecule has 0 aliphatic rings. The van der Waals surface area contributed by atoms with Gasteiger partial charge >= 0.3 is 0 Å². The van der Waals surface area contributed by atoms with Gasteiger partial charge in [-0.25, -0.2) is 4.98 Å². The van der Waals surface area contributed by atoms with Crippen molar-refractivity contribution in [2.75, 3.05) is 5.73 Å². The molecule has 2 rings (SSSR count). The third-order valence-corrected chi connectivity index (χ3v) is 1.88. The molecule has 13 heavy (non-hydrogen) atoms. The van der Waals surface area contributed by atoms with E-state index in [0.717, 1.165) is 5.52 Å². The van der Waals surface area contributed by atoms with Crippen molar-refractivity contribution in [1.29, 1.82) is 5.26 Å². The molecular formula is C8H7N5. The lowest BCUT2D eigenvalue weighted by atomic mass is 10.2. The van der Waals surface area contributed by atoms with Crippen molar-refractivity contribution in [2.45, 2.75) is 0 Å². The van der Waals surface area contributed by atoms with E-state index in [1.807, 2.05) is 6.07 Å². The van der Waals surface area contributed by atoms with Crippen LogP contribution in [0.4, 0.5) is 5.82 Å². The fraction of sp³-hybridized carbons (Fsp3) is 0.125. The number of anilines is 1. The number of pyridine rings is 1. The molecule has 0 saturated heterocycles. The van der Waals surface area contributed by atoms with Gasteiger partial charge in [0, 0.05) is 7.05 Å². The molecule has 0 spiro atoms. The van der Waals surface area contributed by atoms with Gasteiger partial charge in [0.1, 0.15) is 17.4 Å². The Balaban J connectivity index is 2.86. The number of hydrogen-bond acceptors (Lipinski definition) is 4. The number of nitriles is 1. The van der Waals surface area contributed by atoms with Crippen LogP contribution in [0, 0.1) is 11.3 Å². The molecule has 5 nitrogen and oxygen atoms in total.